The van der Waals surface area contributed by atoms with Crippen molar-refractivity contribution in [2.24, 2.45) is 0 Å². The molecule has 0 bridgehead atoms. The molecule has 2 aromatic rings. The number of nitrogens with one attached hydrogen (secondary N) is 1. The maximum Gasteiger partial charge on any atom is 0.142 e. The Morgan fingerprint density at radius 3 is 2.35 bits per heavy atom. The van der Waals surface area contributed by atoms with Crippen molar-refractivity contribution < 1.29 is 0 Å². The van der Waals surface area contributed by atoms with E-state index < -0.39 is 0 Å². The molecule has 0 saturated carbocycles. The third-order valence-electron chi connectivity index (χ3n) is 3.94. The van der Waals surface area contributed by atoms with Crippen LogP contribution < -0.4 is 5.32 Å². The maximum atomic E-state index is 4.75. The van der Waals surface area contributed by atoms with E-state index in [9.17, 15) is 0 Å². The number of rotatable bonds is 5. The zero-order valence-electron chi connectivity index (χ0n) is 12.2. The van der Waals surface area contributed by atoms with Gasteiger partial charge in [0.25, 0.3) is 0 Å². The first-order chi connectivity index (χ1) is 9.67. The summed E-state index contributed by atoms with van der Waals surface area (Å²) in [6.07, 6.45) is 3.87. The average Bonchev–Trinajstić information content (AvgIpc) is 2.51. The number of hydrogen-bond acceptors (Lipinski definition) is 3. The summed E-state index contributed by atoms with van der Waals surface area (Å²) in [7, 11) is 1.90. The smallest absolute Gasteiger partial charge is 0.142 e. The van der Waals surface area contributed by atoms with Crippen LogP contribution in [0.25, 0.3) is 0 Å². The molecule has 0 aliphatic heterocycles. The van der Waals surface area contributed by atoms with E-state index in [0.717, 1.165) is 28.1 Å². The van der Waals surface area contributed by atoms with Crippen LogP contribution in [0.3, 0.4) is 0 Å². The fraction of sp³-hybridized carbons (Fsp3) is 0.375. The lowest BCUT2D eigenvalue weighted by molar-refractivity contribution is 0.449. The SMILES string of the molecule is CCC(CC)(c1ccccc1)c1ncc(I)c(NC)n1. The van der Waals surface area contributed by atoms with Crippen LogP contribution >= 0.6 is 22.6 Å². The summed E-state index contributed by atoms with van der Waals surface area (Å²) in [6.45, 7) is 4.41. The van der Waals surface area contributed by atoms with Gasteiger partial charge in [0, 0.05) is 13.2 Å². The second-order valence-corrected chi connectivity index (χ2v) is 5.96. The second-order valence-electron chi connectivity index (χ2n) is 4.80. The van der Waals surface area contributed by atoms with Crippen LogP contribution in [0.5, 0.6) is 0 Å². The molecule has 0 aliphatic carbocycles. The van der Waals surface area contributed by atoms with Gasteiger partial charge in [-0.1, -0.05) is 44.2 Å². The number of anilines is 1. The molecule has 2 rings (SSSR count). The maximum absolute atomic E-state index is 4.75. The molecular formula is C16H20IN3. The minimum Gasteiger partial charge on any atom is -0.372 e. The second kappa shape index (κ2) is 6.52. The van der Waals surface area contributed by atoms with Gasteiger partial charge < -0.3 is 5.32 Å². The van der Waals surface area contributed by atoms with Gasteiger partial charge in [-0.15, -0.1) is 0 Å². The van der Waals surface area contributed by atoms with Crippen molar-refractivity contribution in [2.75, 3.05) is 12.4 Å². The molecule has 0 unspecified atom stereocenters. The minimum absolute atomic E-state index is 0.114. The van der Waals surface area contributed by atoms with E-state index in [1.807, 2.05) is 19.3 Å². The third kappa shape index (κ3) is 2.66. The quantitative estimate of drug-likeness (QED) is 0.788. The Balaban J connectivity index is 2.59. The lowest BCUT2D eigenvalue weighted by atomic mass is 9.75. The summed E-state index contributed by atoms with van der Waals surface area (Å²) in [5, 5.41) is 3.15. The van der Waals surface area contributed by atoms with Crippen molar-refractivity contribution in [3.05, 3.63) is 51.5 Å². The number of aromatic nitrogens is 2. The average molecular weight is 381 g/mol. The standard InChI is InChI=1S/C16H20IN3/c1-4-16(5-2,12-9-7-6-8-10-12)15-19-11-13(17)14(18-3)20-15/h6-11H,4-5H2,1-3H3,(H,18,19,20). The van der Waals surface area contributed by atoms with Gasteiger partial charge in [-0.2, -0.15) is 0 Å². The molecule has 1 heterocycles. The highest BCUT2D eigenvalue weighted by Crippen LogP contribution is 2.37. The number of nitrogens with zero attached hydrogens (tertiary/aromatic N) is 2. The Labute approximate surface area is 134 Å². The van der Waals surface area contributed by atoms with Gasteiger partial charge in [0.1, 0.15) is 11.6 Å². The predicted molar refractivity (Wildman–Crippen MR) is 92.1 cm³/mol. The van der Waals surface area contributed by atoms with E-state index in [0.29, 0.717) is 0 Å². The molecule has 1 N–H and O–H groups in total. The number of hydrogen-bond donors (Lipinski definition) is 1. The van der Waals surface area contributed by atoms with Gasteiger partial charge in [0.15, 0.2) is 0 Å². The molecule has 0 radical (unpaired) electrons. The molecule has 0 aliphatic rings. The van der Waals surface area contributed by atoms with E-state index in [1.165, 1.54) is 5.56 Å². The molecule has 0 spiro atoms. The topological polar surface area (TPSA) is 37.8 Å². The summed E-state index contributed by atoms with van der Waals surface area (Å²) < 4.78 is 1.04. The molecule has 0 fully saturated rings. The molecule has 4 heteroatoms. The Morgan fingerprint density at radius 2 is 1.80 bits per heavy atom. The van der Waals surface area contributed by atoms with Crippen LogP contribution in [0.15, 0.2) is 36.5 Å². The van der Waals surface area contributed by atoms with Gasteiger partial charge in [-0.25, -0.2) is 9.97 Å². The fourth-order valence-electron chi connectivity index (χ4n) is 2.63. The highest BCUT2D eigenvalue weighted by atomic mass is 127. The van der Waals surface area contributed by atoms with Crippen LogP contribution in [0, 0.1) is 3.57 Å². The minimum atomic E-state index is -0.114. The van der Waals surface area contributed by atoms with Crippen LogP contribution in [0.1, 0.15) is 38.1 Å². The Bertz CT molecular complexity index is 565. The van der Waals surface area contributed by atoms with Crippen molar-refractivity contribution in [1.82, 2.24) is 9.97 Å². The fourth-order valence-corrected chi connectivity index (χ4v) is 3.16. The van der Waals surface area contributed by atoms with Crippen molar-refractivity contribution in [1.29, 1.82) is 0 Å². The van der Waals surface area contributed by atoms with E-state index >= 15 is 0 Å². The third-order valence-corrected chi connectivity index (χ3v) is 4.73. The Hall–Kier alpha value is -1.17. The lowest BCUT2D eigenvalue weighted by Gasteiger charge is -2.31. The van der Waals surface area contributed by atoms with E-state index in [4.69, 9.17) is 4.98 Å². The first-order valence-corrected chi connectivity index (χ1v) is 8.02. The predicted octanol–water partition coefficient (Wildman–Crippen LogP) is 4.23. The summed E-state index contributed by atoms with van der Waals surface area (Å²) in [5.74, 6) is 1.80. The van der Waals surface area contributed by atoms with Crippen LogP contribution in [-0.2, 0) is 5.41 Å². The van der Waals surface area contributed by atoms with Gasteiger partial charge in [0.05, 0.1) is 8.99 Å². The van der Waals surface area contributed by atoms with Crippen LogP contribution in [0.4, 0.5) is 5.82 Å². The summed E-state index contributed by atoms with van der Waals surface area (Å²) in [5.41, 5.74) is 1.17. The van der Waals surface area contributed by atoms with Crippen LogP contribution in [-0.4, -0.2) is 17.0 Å². The molecule has 0 atom stereocenters. The van der Waals surface area contributed by atoms with Gasteiger partial charge >= 0.3 is 0 Å². The van der Waals surface area contributed by atoms with E-state index in [1.54, 1.807) is 0 Å². The lowest BCUT2D eigenvalue weighted by Crippen LogP contribution is -2.29. The molecular weight excluding hydrogens is 361 g/mol. The zero-order chi connectivity index (χ0) is 14.6. The van der Waals surface area contributed by atoms with E-state index in [-0.39, 0.29) is 5.41 Å². The van der Waals surface area contributed by atoms with Crippen molar-refractivity contribution in [2.45, 2.75) is 32.1 Å². The molecule has 3 nitrogen and oxygen atoms in total. The molecule has 1 aromatic carbocycles. The monoisotopic (exact) mass is 381 g/mol. The van der Waals surface area contributed by atoms with Crippen LogP contribution in [0.2, 0.25) is 0 Å². The van der Waals surface area contributed by atoms with E-state index in [2.05, 4.69) is 71.0 Å². The van der Waals surface area contributed by atoms with Crippen molar-refractivity contribution >= 4 is 28.4 Å². The zero-order valence-corrected chi connectivity index (χ0v) is 14.3. The highest BCUT2D eigenvalue weighted by Gasteiger charge is 2.33. The highest BCUT2D eigenvalue weighted by molar-refractivity contribution is 14.1. The van der Waals surface area contributed by atoms with Gasteiger partial charge in [-0.3, -0.25) is 0 Å². The Morgan fingerprint density at radius 1 is 1.15 bits per heavy atom. The Kier molecular flexibility index (Phi) is 4.96. The normalized spacial score (nSPS) is 11.4. The van der Waals surface area contributed by atoms with Gasteiger partial charge in [0.2, 0.25) is 0 Å². The van der Waals surface area contributed by atoms with Gasteiger partial charge in [-0.05, 0) is 41.0 Å². The molecule has 0 amide bonds. The molecule has 0 saturated heterocycles. The molecule has 1 aromatic heterocycles. The summed E-state index contributed by atoms with van der Waals surface area (Å²) in [4.78, 5) is 9.37. The largest absolute Gasteiger partial charge is 0.372 e. The number of halogens is 1. The van der Waals surface area contributed by atoms with Crippen molar-refractivity contribution in [3.63, 3.8) is 0 Å². The first kappa shape index (κ1) is 15.2. The number of benzene rings is 1. The van der Waals surface area contributed by atoms with Crippen molar-refractivity contribution in [3.8, 4) is 0 Å². The summed E-state index contributed by atoms with van der Waals surface area (Å²) in [6, 6.07) is 10.6. The molecule has 106 valence electrons. The summed E-state index contributed by atoms with van der Waals surface area (Å²) >= 11 is 2.26. The molecule has 20 heavy (non-hydrogen) atoms. The first-order valence-electron chi connectivity index (χ1n) is 6.94.